The van der Waals surface area contributed by atoms with Gasteiger partial charge >= 0.3 is 0 Å². The molecule has 1 heterocycles. The van der Waals surface area contributed by atoms with Crippen LogP contribution in [-0.2, 0) is 11.2 Å². The predicted octanol–water partition coefficient (Wildman–Crippen LogP) is 2.97. The van der Waals surface area contributed by atoms with Gasteiger partial charge in [-0.15, -0.1) is 0 Å². The van der Waals surface area contributed by atoms with Gasteiger partial charge in [-0.25, -0.2) is 0 Å². The van der Waals surface area contributed by atoms with E-state index in [9.17, 15) is 4.79 Å². The predicted molar refractivity (Wildman–Crippen MR) is 81.7 cm³/mol. The van der Waals surface area contributed by atoms with Crippen LogP contribution in [0.2, 0.25) is 0 Å². The van der Waals surface area contributed by atoms with Gasteiger partial charge in [-0.1, -0.05) is 31.5 Å². The van der Waals surface area contributed by atoms with E-state index in [1.54, 1.807) is 0 Å². The molecule has 3 unspecified atom stereocenters. The Bertz CT molecular complexity index is 486. The first-order chi connectivity index (χ1) is 9.72. The zero-order valence-electron chi connectivity index (χ0n) is 12.2. The largest absolute Gasteiger partial charge is 0.324 e. The maximum Gasteiger partial charge on any atom is 0.241 e. The van der Waals surface area contributed by atoms with Gasteiger partial charge in [0.2, 0.25) is 5.91 Å². The summed E-state index contributed by atoms with van der Waals surface area (Å²) in [5.41, 5.74) is 2.23. The lowest BCUT2D eigenvalue weighted by Crippen LogP contribution is -2.41. The summed E-state index contributed by atoms with van der Waals surface area (Å²) in [6.07, 6.45) is 5.82. The molecule has 2 N–H and O–H groups in total. The van der Waals surface area contributed by atoms with E-state index in [0.29, 0.717) is 0 Å². The summed E-state index contributed by atoms with van der Waals surface area (Å²) in [6, 6.07) is 8.08. The van der Waals surface area contributed by atoms with E-state index >= 15 is 0 Å². The van der Waals surface area contributed by atoms with Gasteiger partial charge in [0.25, 0.3) is 0 Å². The number of benzene rings is 1. The van der Waals surface area contributed by atoms with Crippen molar-refractivity contribution < 1.29 is 4.79 Å². The second kappa shape index (κ2) is 5.96. The fourth-order valence-electron chi connectivity index (χ4n) is 3.53. The summed E-state index contributed by atoms with van der Waals surface area (Å²) >= 11 is 0. The van der Waals surface area contributed by atoms with Crippen LogP contribution in [0.1, 0.15) is 38.2 Å². The van der Waals surface area contributed by atoms with Crippen LogP contribution in [0, 0.1) is 11.8 Å². The lowest BCUT2D eigenvalue weighted by Gasteiger charge is -2.18. The second-order valence-corrected chi connectivity index (χ2v) is 6.43. The standard InChI is InChI=1S/C17H24N2O/c1-12-6-7-13(10-12)11-18-16-9-8-14-4-2-3-5-15(14)19-17(16)20/h2-5,12-13,16,18H,6-11H2,1H3,(H,19,20). The SMILES string of the molecule is CC1CCC(CNC2CCc3ccccc3NC2=O)C1. The first-order valence-corrected chi connectivity index (χ1v) is 7.84. The lowest BCUT2D eigenvalue weighted by atomic mass is 10.0. The minimum atomic E-state index is -0.0432. The van der Waals surface area contributed by atoms with Gasteiger partial charge in [-0.05, 0) is 55.7 Å². The average molecular weight is 272 g/mol. The molecule has 1 aliphatic heterocycles. The maximum absolute atomic E-state index is 12.3. The van der Waals surface area contributed by atoms with Crippen molar-refractivity contribution in [3.05, 3.63) is 29.8 Å². The Balaban J connectivity index is 1.57. The molecule has 108 valence electrons. The van der Waals surface area contributed by atoms with E-state index in [4.69, 9.17) is 0 Å². The first-order valence-electron chi connectivity index (χ1n) is 7.84. The molecule has 0 saturated heterocycles. The maximum atomic E-state index is 12.3. The summed E-state index contributed by atoms with van der Waals surface area (Å²) in [5.74, 6) is 1.73. The molecule has 0 bridgehead atoms. The molecule has 0 radical (unpaired) electrons. The summed E-state index contributed by atoms with van der Waals surface area (Å²) in [6.45, 7) is 3.31. The minimum absolute atomic E-state index is 0.0432. The van der Waals surface area contributed by atoms with Crippen molar-refractivity contribution in [3.8, 4) is 0 Å². The van der Waals surface area contributed by atoms with Crippen molar-refractivity contribution >= 4 is 11.6 Å². The van der Waals surface area contributed by atoms with Crippen LogP contribution in [0.15, 0.2) is 24.3 Å². The number of carbonyl (C=O) groups excluding carboxylic acids is 1. The number of hydrogen-bond acceptors (Lipinski definition) is 2. The van der Waals surface area contributed by atoms with E-state index in [1.807, 2.05) is 18.2 Å². The average Bonchev–Trinajstić information content (AvgIpc) is 2.78. The number of hydrogen-bond donors (Lipinski definition) is 2. The van der Waals surface area contributed by atoms with E-state index in [1.165, 1.54) is 24.8 Å². The van der Waals surface area contributed by atoms with Crippen LogP contribution in [-0.4, -0.2) is 18.5 Å². The molecule has 1 aromatic carbocycles. The van der Waals surface area contributed by atoms with E-state index in [-0.39, 0.29) is 11.9 Å². The Hall–Kier alpha value is -1.35. The van der Waals surface area contributed by atoms with Crippen molar-refractivity contribution in [2.24, 2.45) is 11.8 Å². The topological polar surface area (TPSA) is 41.1 Å². The fraction of sp³-hybridized carbons (Fsp3) is 0.588. The van der Waals surface area contributed by atoms with E-state index in [0.717, 1.165) is 36.9 Å². The Morgan fingerprint density at radius 2 is 2.10 bits per heavy atom. The number of aryl methyl sites for hydroxylation is 1. The van der Waals surface area contributed by atoms with Crippen molar-refractivity contribution in [1.82, 2.24) is 5.32 Å². The highest BCUT2D eigenvalue weighted by Gasteiger charge is 2.26. The quantitative estimate of drug-likeness (QED) is 0.888. The molecular formula is C17H24N2O. The van der Waals surface area contributed by atoms with Crippen LogP contribution in [0.3, 0.4) is 0 Å². The van der Waals surface area contributed by atoms with Crippen LogP contribution in [0.25, 0.3) is 0 Å². The molecule has 1 aromatic rings. The third-order valence-electron chi connectivity index (χ3n) is 4.75. The zero-order valence-corrected chi connectivity index (χ0v) is 12.2. The van der Waals surface area contributed by atoms with Gasteiger partial charge in [0.1, 0.15) is 0 Å². The van der Waals surface area contributed by atoms with Crippen LogP contribution >= 0.6 is 0 Å². The highest BCUT2D eigenvalue weighted by Crippen LogP contribution is 2.30. The van der Waals surface area contributed by atoms with Gasteiger partial charge in [0.15, 0.2) is 0 Å². The van der Waals surface area contributed by atoms with Gasteiger partial charge in [0.05, 0.1) is 6.04 Å². The Morgan fingerprint density at radius 3 is 2.90 bits per heavy atom. The number of rotatable bonds is 3. The lowest BCUT2D eigenvalue weighted by molar-refractivity contribution is -0.118. The Kier molecular flexibility index (Phi) is 4.06. The van der Waals surface area contributed by atoms with Crippen LogP contribution in [0.5, 0.6) is 0 Å². The zero-order chi connectivity index (χ0) is 13.9. The molecule has 1 aliphatic carbocycles. The van der Waals surface area contributed by atoms with Gasteiger partial charge < -0.3 is 10.6 Å². The van der Waals surface area contributed by atoms with E-state index < -0.39 is 0 Å². The summed E-state index contributed by atoms with van der Waals surface area (Å²) in [5, 5.41) is 6.55. The number of amides is 1. The van der Waals surface area contributed by atoms with Crippen LogP contribution in [0.4, 0.5) is 5.69 Å². The summed E-state index contributed by atoms with van der Waals surface area (Å²) in [7, 11) is 0. The Labute approximate surface area is 121 Å². The highest BCUT2D eigenvalue weighted by atomic mass is 16.2. The van der Waals surface area contributed by atoms with Crippen molar-refractivity contribution in [2.45, 2.75) is 45.1 Å². The molecule has 2 aliphatic rings. The fourth-order valence-corrected chi connectivity index (χ4v) is 3.53. The highest BCUT2D eigenvalue weighted by molar-refractivity contribution is 5.96. The monoisotopic (exact) mass is 272 g/mol. The first kappa shape index (κ1) is 13.6. The number of anilines is 1. The van der Waals surface area contributed by atoms with Crippen molar-refractivity contribution in [1.29, 1.82) is 0 Å². The molecule has 3 heteroatoms. The second-order valence-electron chi connectivity index (χ2n) is 6.43. The van der Waals surface area contributed by atoms with Crippen molar-refractivity contribution in [2.75, 3.05) is 11.9 Å². The van der Waals surface area contributed by atoms with Gasteiger partial charge in [-0.2, -0.15) is 0 Å². The molecule has 3 nitrogen and oxygen atoms in total. The number of nitrogens with one attached hydrogen (secondary N) is 2. The van der Waals surface area contributed by atoms with Crippen molar-refractivity contribution in [3.63, 3.8) is 0 Å². The number of carbonyl (C=O) groups is 1. The number of fused-ring (bicyclic) bond motifs is 1. The van der Waals surface area contributed by atoms with E-state index in [2.05, 4.69) is 23.6 Å². The minimum Gasteiger partial charge on any atom is -0.324 e. The Morgan fingerprint density at radius 1 is 1.25 bits per heavy atom. The van der Waals surface area contributed by atoms with Gasteiger partial charge in [0, 0.05) is 5.69 Å². The normalized spacial score (nSPS) is 29.6. The summed E-state index contributed by atoms with van der Waals surface area (Å²) in [4.78, 5) is 12.3. The van der Waals surface area contributed by atoms with Crippen LogP contribution < -0.4 is 10.6 Å². The molecular weight excluding hydrogens is 248 g/mol. The van der Waals surface area contributed by atoms with Gasteiger partial charge in [-0.3, -0.25) is 4.79 Å². The molecule has 3 atom stereocenters. The molecule has 1 amide bonds. The summed E-state index contributed by atoms with van der Waals surface area (Å²) < 4.78 is 0. The number of para-hydroxylation sites is 1. The molecule has 0 aromatic heterocycles. The smallest absolute Gasteiger partial charge is 0.241 e. The molecule has 20 heavy (non-hydrogen) atoms. The third kappa shape index (κ3) is 3.04. The molecule has 1 saturated carbocycles. The molecule has 0 spiro atoms. The third-order valence-corrected chi connectivity index (χ3v) is 4.75. The molecule has 3 rings (SSSR count). The molecule has 1 fully saturated rings.